The van der Waals surface area contributed by atoms with E-state index in [0.29, 0.717) is 11.4 Å². The molecular formula is C15H16N2O3. The Hall–Kier alpha value is -2.30. The van der Waals surface area contributed by atoms with Gasteiger partial charge in [-0.1, -0.05) is 0 Å². The minimum absolute atomic E-state index is 0.00471. The van der Waals surface area contributed by atoms with Crippen LogP contribution < -0.4 is 10.1 Å². The van der Waals surface area contributed by atoms with Crippen molar-refractivity contribution in [3.63, 3.8) is 0 Å². The topological polar surface area (TPSA) is 64.4 Å². The van der Waals surface area contributed by atoms with Crippen molar-refractivity contribution in [2.45, 2.75) is 25.3 Å². The van der Waals surface area contributed by atoms with Gasteiger partial charge in [0.05, 0.1) is 19.4 Å². The van der Waals surface area contributed by atoms with Crippen LogP contribution in [0.25, 0.3) is 0 Å². The van der Waals surface area contributed by atoms with Gasteiger partial charge < -0.3 is 14.5 Å². The number of amides is 1. The van der Waals surface area contributed by atoms with Gasteiger partial charge in [0.25, 0.3) is 5.91 Å². The summed E-state index contributed by atoms with van der Waals surface area (Å²) in [6.07, 6.45) is 6.14. The van der Waals surface area contributed by atoms with Crippen LogP contribution in [0.2, 0.25) is 0 Å². The van der Waals surface area contributed by atoms with Crippen molar-refractivity contribution in [3.05, 3.63) is 47.5 Å². The molecule has 1 aliphatic rings. The first-order valence-corrected chi connectivity index (χ1v) is 6.65. The highest BCUT2D eigenvalue weighted by Crippen LogP contribution is 2.30. The normalized spacial score (nSPS) is 17.4. The maximum Gasteiger partial charge on any atom is 0.257 e. The number of nitrogens with zero attached hydrogens (tertiary/aromatic N) is 1. The molecule has 0 unspecified atom stereocenters. The summed E-state index contributed by atoms with van der Waals surface area (Å²) in [4.78, 5) is 16.4. The molecule has 20 heavy (non-hydrogen) atoms. The number of carbonyl (C=O) groups excluding carboxylic acids is 1. The van der Waals surface area contributed by atoms with Crippen molar-refractivity contribution >= 4 is 5.91 Å². The second kappa shape index (κ2) is 5.36. The lowest BCUT2D eigenvalue weighted by molar-refractivity contribution is 0.0928. The average Bonchev–Trinajstić information content (AvgIpc) is 2.96. The SMILES string of the molecule is COc1ncccc1C(=O)N[C@H]1CCCc2occc21. The van der Waals surface area contributed by atoms with Gasteiger partial charge in [-0.2, -0.15) is 0 Å². The van der Waals surface area contributed by atoms with E-state index in [1.165, 1.54) is 7.11 Å². The molecule has 0 spiro atoms. The number of ether oxygens (including phenoxy) is 1. The highest BCUT2D eigenvalue weighted by molar-refractivity contribution is 5.96. The molecule has 0 radical (unpaired) electrons. The fourth-order valence-corrected chi connectivity index (χ4v) is 2.60. The van der Waals surface area contributed by atoms with Crippen LogP contribution >= 0.6 is 0 Å². The van der Waals surface area contributed by atoms with E-state index in [0.717, 1.165) is 30.6 Å². The molecule has 0 saturated carbocycles. The maximum atomic E-state index is 12.4. The lowest BCUT2D eigenvalue weighted by Gasteiger charge is -2.23. The zero-order valence-electron chi connectivity index (χ0n) is 11.3. The molecule has 3 rings (SSSR count). The molecule has 1 aliphatic carbocycles. The third kappa shape index (κ3) is 2.27. The number of aryl methyl sites for hydroxylation is 1. The van der Waals surface area contributed by atoms with Crippen LogP contribution in [0.1, 0.15) is 40.6 Å². The van der Waals surface area contributed by atoms with Crippen LogP contribution in [-0.2, 0) is 6.42 Å². The molecule has 104 valence electrons. The number of pyridine rings is 1. The minimum atomic E-state index is -0.172. The molecule has 2 aromatic heterocycles. The highest BCUT2D eigenvalue weighted by Gasteiger charge is 2.25. The summed E-state index contributed by atoms with van der Waals surface area (Å²) in [5, 5.41) is 3.03. The van der Waals surface area contributed by atoms with Crippen LogP contribution in [0.5, 0.6) is 5.88 Å². The van der Waals surface area contributed by atoms with Crippen molar-refractivity contribution in [2.24, 2.45) is 0 Å². The van der Waals surface area contributed by atoms with Crippen molar-refractivity contribution in [1.29, 1.82) is 0 Å². The Bertz CT molecular complexity index is 621. The Balaban J connectivity index is 1.81. The van der Waals surface area contributed by atoms with E-state index in [1.807, 2.05) is 6.07 Å². The Labute approximate surface area is 117 Å². The monoisotopic (exact) mass is 272 g/mol. The van der Waals surface area contributed by atoms with Crippen molar-refractivity contribution in [3.8, 4) is 5.88 Å². The van der Waals surface area contributed by atoms with Crippen molar-refractivity contribution in [1.82, 2.24) is 10.3 Å². The summed E-state index contributed by atoms with van der Waals surface area (Å²) in [7, 11) is 1.51. The Morgan fingerprint density at radius 3 is 3.25 bits per heavy atom. The van der Waals surface area contributed by atoms with E-state index < -0.39 is 0 Å². The predicted molar refractivity (Wildman–Crippen MR) is 72.6 cm³/mol. The first-order chi connectivity index (χ1) is 9.79. The van der Waals surface area contributed by atoms with Gasteiger partial charge in [0.15, 0.2) is 0 Å². The standard InChI is InChI=1S/C15H16N2O3/c1-19-15-11(4-3-8-16-15)14(18)17-12-5-2-6-13-10(12)7-9-20-13/h3-4,7-9,12H,2,5-6H2,1H3,(H,17,18)/t12-/m0/s1. The van der Waals surface area contributed by atoms with Gasteiger partial charge >= 0.3 is 0 Å². The molecule has 1 N–H and O–H groups in total. The first-order valence-electron chi connectivity index (χ1n) is 6.65. The molecule has 2 heterocycles. The van der Waals surface area contributed by atoms with Gasteiger partial charge in [-0.25, -0.2) is 4.98 Å². The van der Waals surface area contributed by atoms with Gasteiger partial charge in [-0.3, -0.25) is 4.79 Å². The second-order valence-corrected chi connectivity index (χ2v) is 4.78. The van der Waals surface area contributed by atoms with Gasteiger partial charge in [0, 0.05) is 18.2 Å². The summed E-state index contributed by atoms with van der Waals surface area (Å²) in [5.41, 5.74) is 1.53. The van der Waals surface area contributed by atoms with Gasteiger partial charge in [0.2, 0.25) is 5.88 Å². The van der Waals surface area contributed by atoms with Gasteiger partial charge in [-0.15, -0.1) is 0 Å². The quantitative estimate of drug-likeness (QED) is 0.932. The molecule has 5 nitrogen and oxygen atoms in total. The number of furan rings is 1. The van der Waals surface area contributed by atoms with E-state index >= 15 is 0 Å². The largest absolute Gasteiger partial charge is 0.480 e. The predicted octanol–water partition coefficient (Wildman–Crippen LogP) is 2.49. The minimum Gasteiger partial charge on any atom is -0.480 e. The molecule has 0 aliphatic heterocycles. The number of nitrogens with one attached hydrogen (secondary N) is 1. The van der Waals surface area contributed by atoms with Gasteiger partial charge in [-0.05, 0) is 31.0 Å². The number of rotatable bonds is 3. The maximum absolute atomic E-state index is 12.4. The van der Waals surface area contributed by atoms with E-state index in [-0.39, 0.29) is 11.9 Å². The third-order valence-electron chi connectivity index (χ3n) is 3.57. The number of fused-ring (bicyclic) bond motifs is 1. The third-order valence-corrected chi connectivity index (χ3v) is 3.57. The molecule has 0 bridgehead atoms. The van der Waals surface area contributed by atoms with E-state index in [2.05, 4.69) is 10.3 Å². The summed E-state index contributed by atoms with van der Waals surface area (Å²) >= 11 is 0. The van der Waals surface area contributed by atoms with Gasteiger partial charge in [0.1, 0.15) is 11.3 Å². The van der Waals surface area contributed by atoms with Crippen molar-refractivity contribution < 1.29 is 13.9 Å². The van der Waals surface area contributed by atoms with E-state index in [1.54, 1.807) is 24.6 Å². The highest BCUT2D eigenvalue weighted by atomic mass is 16.5. The molecule has 2 aromatic rings. The number of carbonyl (C=O) groups is 1. The molecule has 0 fully saturated rings. The Morgan fingerprint density at radius 2 is 2.40 bits per heavy atom. The Kier molecular flexibility index (Phi) is 3.41. The fraction of sp³-hybridized carbons (Fsp3) is 0.333. The lowest BCUT2D eigenvalue weighted by atomic mass is 9.93. The first kappa shape index (κ1) is 12.7. The molecule has 1 atom stereocenters. The fourth-order valence-electron chi connectivity index (χ4n) is 2.60. The summed E-state index contributed by atoms with van der Waals surface area (Å²) in [6.45, 7) is 0. The van der Waals surface area contributed by atoms with Crippen molar-refractivity contribution in [2.75, 3.05) is 7.11 Å². The van der Waals surface area contributed by atoms with Crippen LogP contribution in [0.3, 0.4) is 0 Å². The second-order valence-electron chi connectivity index (χ2n) is 4.78. The molecule has 1 amide bonds. The Morgan fingerprint density at radius 1 is 1.50 bits per heavy atom. The average molecular weight is 272 g/mol. The summed E-state index contributed by atoms with van der Waals surface area (Å²) in [6, 6.07) is 5.36. The van der Waals surface area contributed by atoms with Crippen LogP contribution in [0.4, 0.5) is 0 Å². The number of methoxy groups -OCH3 is 1. The zero-order chi connectivity index (χ0) is 13.9. The lowest BCUT2D eigenvalue weighted by Crippen LogP contribution is -2.30. The molecule has 0 saturated heterocycles. The molecule has 0 aromatic carbocycles. The summed E-state index contributed by atoms with van der Waals surface area (Å²) < 4.78 is 10.5. The zero-order valence-corrected chi connectivity index (χ0v) is 11.3. The van der Waals surface area contributed by atoms with Crippen LogP contribution in [0.15, 0.2) is 35.1 Å². The molecular weight excluding hydrogens is 256 g/mol. The number of hydrogen-bond acceptors (Lipinski definition) is 4. The molecule has 5 heteroatoms. The number of hydrogen-bond donors (Lipinski definition) is 1. The number of aromatic nitrogens is 1. The van der Waals surface area contributed by atoms with Crippen LogP contribution in [0, 0.1) is 0 Å². The van der Waals surface area contributed by atoms with Crippen LogP contribution in [-0.4, -0.2) is 18.0 Å². The van der Waals surface area contributed by atoms with E-state index in [9.17, 15) is 4.79 Å². The van der Waals surface area contributed by atoms with E-state index in [4.69, 9.17) is 9.15 Å². The smallest absolute Gasteiger partial charge is 0.257 e. The summed E-state index contributed by atoms with van der Waals surface area (Å²) in [5.74, 6) is 1.14.